The molecule has 1 aromatic carbocycles. The van der Waals surface area contributed by atoms with Crippen LogP contribution in [-0.2, 0) is 13.0 Å². The van der Waals surface area contributed by atoms with Crippen molar-refractivity contribution in [3.05, 3.63) is 45.4 Å². The van der Waals surface area contributed by atoms with Crippen LogP contribution in [0.5, 0.6) is 5.75 Å². The number of aryl methyl sites for hydroxylation is 1. The summed E-state index contributed by atoms with van der Waals surface area (Å²) in [5.41, 5.74) is 1.34. The molecule has 0 amide bonds. The lowest BCUT2D eigenvalue weighted by molar-refractivity contribution is 0.153. The first-order valence-electron chi connectivity index (χ1n) is 8.42. The van der Waals surface area contributed by atoms with Crippen LogP contribution in [-0.4, -0.2) is 54.6 Å². The van der Waals surface area contributed by atoms with Gasteiger partial charge in [0.25, 0.3) is 0 Å². The summed E-state index contributed by atoms with van der Waals surface area (Å²) in [7, 11) is 2.20. The molecule has 24 heavy (non-hydrogen) atoms. The van der Waals surface area contributed by atoms with Gasteiger partial charge in [0.2, 0.25) is 0 Å². The molecular formula is C18H24ClN3OS. The molecule has 0 unspecified atom stereocenters. The Labute approximate surface area is 153 Å². The van der Waals surface area contributed by atoms with E-state index in [1.807, 2.05) is 6.07 Å². The first-order valence-corrected chi connectivity index (χ1v) is 9.61. The average Bonchev–Trinajstić information content (AvgIpc) is 3.01. The van der Waals surface area contributed by atoms with Gasteiger partial charge in [-0.1, -0.05) is 23.7 Å². The minimum absolute atomic E-state index is 0.523. The lowest BCUT2D eigenvalue weighted by Crippen LogP contribution is -2.44. The predicted octanol–water partition coefficient (Wildman–Crippen LogP) is 3.56. The smallest absolute Gasteiger partial charge is 0.183 e. The highest BCUT2D eigenvalue weighted by molar-refractivity contribution is 7.15. The van der Waals surface area contributed by atoms with Gasteiger partial charge in [0.05, 0.1) is 4.88 Å². The Balaban J connectivity index is 1.43. The molecule has 1 fully saturated rings. The number of halogens is 1. The second kappa shape index (κ2) is 8.81. The van der Waals surface area contributed by atoms with E-state index in [0.29, 0.717) is 11.1 Å². The van der Waals surface area contributed by atoms with Gasteiger partial charge >= 0.3 is 0 Å². The molecule has 1 aromatic heterocycles. The van der Waals surface area contributed by atoms with Crippen molar-refractivity contribution in [1.82, 2.24) is 14.8 Å². The highest BCUT2D eigenvalue weighted by atomic mass is 35.5. The van der Waals surface area contributed by atoms with Crippen LogP contribution in [0.15, 0.2) is 30.5 Å². The molecule has 2 heterocycles. The molecule has 3 rings (SSSR count). The van der Waals surface area contributed by atoms with Gasteiger partial charge in [-0.25, -0.2) is 4.98 Å². The molecule has 0 aliphatic carbocycles. The number of likely N-dealkylation sites (N-methyl/N-ethyl adjacent to an activating group) is 1. The molecule has 0 N–H and O–H groups in total. The fraction of sp³-hybridized carbons (Fsp3) is 0.500. The minimum Gasteiger partial charge on any atom is -0.488 e. The Morgan fingerprint density at radius 3 is 2.83 bits per heavy atom. The van der Waals surface area contributed by atoms with Crippen LogP contribution in [0.4, 0.5) is 0 Å². The van der Waals surface area contributed by atoms with Crippen LogP contribution < -0.4 is 4.74 Å². The average molecular weight is 366 g/mol. The second-order valence-electron chi connectivity index (χ2n) is 6.26. The van der Waals surface area contributed by atoms with E-state index in [1.165, 1.54) is 56.0 Å². The zero-order chi connectivity index (χ0) is 16.8. The first-order chi connectivity index (χ1) is 11.7. The molecule has 0 radical (unpaired) electrons. The third-order valence-corrected chi connectivity index (χ3v) is 5.43. The van der Waals surface area contributed by atoms with Gasteiger partial charge in [-0.05, 0) is 44.1 Å². The Kier molecular flexibility index (Phi) is 6.49. The number of hydrogen-bond acceptors (Lipinski definition) is 5. The number of hydrogen-bond donors (Lipinski definition) is 0. The highest BCUT2D eigenvalue weighted by Gasteiger charge is 2.12. The van der Waals surface area contributed by atoms with E-state index in [1.54, 1.807) is 6.20 Å². The number of ether oxygens (including phenoxy) is 1. The van der Waals surface area contributed by atoms with Crippen molar-refractivity contribution < 1.29 is 4.74 Å². The standard InChI is InChI=1S/C18H24ClN3OS/c1-21-8-10-22(11-9-21)7-3-5-15-4-2-6-16(12-15)23-14-17-13-20-18(19)24-17/h2,4,6,12-13H,3,5,7-11,14H2,1H3. The number of rotatable bonds is 7. The molecule has 130 valence electrons. The van der Waals surface area contributed by atoms with E-state index in [-0.39, 0.29) is 0 Å². The quantitative estimate of drug-likeness (QED) is 0.750. The number of aromatic nitrogens is 1. The van der Waals surface area contributed by atoms with Gasteiger partial charge in [-0.3, -0.25) is 0 Å². The first kappa shape index (κ1) is 17.7. The molecule has 1 aliphatic heterocycles. The third kappa shape index (κ3) is 5.45. The summed E-state index contributed by atoms with van der Waals surface area (Å²) in [5, 5.41) is 0. The summed E-state index contributed by atoms with van der Waals surface area (Å²) in [4.78, 5) is 10.0. The fourth-order valence-corrected chi connectivity index (χ4v) is 3.76. The molecule has 1 saturated heterocycles. The van der Waals surface area contributed by atoms with E-state index in [2.05, 4.69) is 40.0 Å². The summed E-state index contributed by atoms with van der Waals surface area (Å²) in [5.74, 6) is 0.914. The van der Waals surface area contributed by atoms with Gasteiger partial charge in [-0.15, -0.1) is 11.3 Å². The van der Waals surface area contributed by atoms with Crippen molar-refractivity contribution in [2.75, 3.05) is 39.8 Å². The Hall–Kier alpha value is -1.14. The van der Waals surface area contributed by atoms with Gasteiger partial charge in [0.1, 0.15) is 12.4 Å². The molecular weight excluding hydrogens is 342 g/mol. The summed E-state index contributed by atoms with van der Waals surface area (Å²) >= 11 is 7.30. The summed E-state index contributed by atoms with van der Waals surface area (Å²) in [6.07, 6.45) is 4.06. The normalized spacial score (nSPS) is 16.4. The van der Waals surface area contributed by atoms with Crippen LogP contribution >= 0.6 is 22.9 Å². The molecule has 0 atom stereocenters. The maximum absolute atomic E-state index is 5.85. The van der Waals surface area contributed by atoms with Crippen molar-refractivity contribution in [3.63, 3.8) is 0 Å². The van der Waals surface area contributed by atoms with Gasteiger partial charge in [-0.2, -0.15) is 0 Å². The number of benzene rings is 1. The van der Waals surface area contributed by atoms with E-state index < -0.39 is 0 Å². The van der Waals surface area contributed by atoms with Crippen LogP contribution in [0.2, 0.25) is 4.47 Å². The van der Waals surface area contributed by atoms with Crippen molar-refractivity contribution in [3.8, 4) is 5.75 Å². The van der Waals surface area contributed by atoms with Crippen molar-refractivity contribution in [2.24, 2.45) is 0 Å². The molecule has 0 saturated carbocycles. The van der Waals surface area contributed by atoms with E-state index in [4.69, 9.17) is 16.3 Å². The van der Waals surface area contributed by atoms with Crippen LogP contribution in [0.1, 0.15) is 16.9 Å². The zero-order valence-electron chi connectivity index (χ0n) is 14.1. The third-order valence-electron chi connectivity index (χ3n) is 4.34. The van der Waals surface area contributed by atoms with E-state index >= 15 is 0 Å². The topological polar surface area (TPSA) is 28.6 Å². The maximum Gasteiger partial charge on any atom is 0.183 e. The zero-order valence-corrected chi connectivity index (χ0v) is 15.7. The van der Waals surface area contributed by atoms with E-state index in [0.717, 1.165) is 17.0 Å². The lowest BCUT2D eigenvalue weighted by Gasteiger charge is -2.32. The monoisotopic (exact) mass is 365 g/mol. The maximum atomic E-state index is 5.85. The molecule has 2 aromatic rings. The van der Waals surface area contributed by atoms with Gasteiger partial charge in [0, 0.05) is 32.4 Å². The van der Waals surface area contributed by atoms with Gasteiger partial charge in [0.15, 0.2) is 4.47 Å². The van der Waals surface area contributed by atoms with Crippen molar-refractivity contribution >= 4 is 22.9 Å². The lowest BCUT2D eigenvalue weighted by atomic mass is 10.1. The highest BCUT2D eigenvalue weighted by Crippen LogP contribution is 2.21. The van der Waals surface area contributed by atoms with Crippen LogP contribution in [0.3, 0.4) is 0 Å². The molecule has 0 bridgehead atoms. The largest absolute Gasteiger partial charge is 0.488 e. The molecule has 6 heteroatoms. The van der Waals surface area contributed by atoms with Crippen molar-refractivity contribution in [2.45, 2.75) is 19.4 Å². The summed E-state index contributed by atoms with van der Waals surface area (Å²) < 4.78 is 6.41. The SMILES string of the molecule is CN1CCN(CCCc2cccc(OCc3cnc(Cl)s3)c2)CC1. The van der Waals surface area contributed by atoms with Crippen molar-refractivity contribution in [1.29, 1.82) is 0 Å². The van der Waals surface area contributed by atoms with E-state index in [9.17, 15) is 0 Å². The molecule has 0 spiro atoms. The number of thiazole rings is 1. The van der Waals surface area contributed by atoms with Crippen LogP contribution in [0, 0.1) is 0 Å². The summed E-state index contributed by atoms with van der Waals surface area (Å²) in [6, 6.07) is 8.40. The second-order valence-corrected chi connectivity index (χ2v) is 7.96. The molecule has 1 aliphatic rings. The van der Waals surface area contributed by atoms with Gasteiger partial charge < -0.3 is 14.5 Å². The summed E-state index contributed by atoms with van der Waals surface area (Å²) in [6.45, 7) is 6.46. The Bertz CT molecular complexity index is 641. The Morgan fingerprint density at radius 2 is 2.08 bits per heavy atom. The Morgan fingerprint density at radius 1 is 1.25 bits per heavy atom. The predicted molar refractivity (Wildman–Crippen MR) is 100 cm³/mol. The number of nitrogens with zero attached hydrogens (tertiary/aromatic N) is 3. The van der Waals surface area contributed by atoms with Crippen LogP contribution in [0.25, 0.3) is 0 Å². The minimum atomic E-state index is 0.523. The fourth-order valence-electron chi connectivity index (χ4n) is 2.87. The number of piperazine rings is 1. The molecule has 4 nitrogen and oxygen atoms in total.